The second kappa shape index (κ2) is 9.83. The predicted octanol–water partition coefficient (Wildman–Crippen LogP) is 1.54. The highest BCUT2D eigenvalue weighted by Crippen LogP contribution is 2.38. The Morgan fingerprint density at radius 2 is 1.74 bits per heavy atom. The molecule has 0 saturated carbocycles. The van der Waals surface area contributed by atoms with Crippen LogP contribution in [0.3, 0.4) is 0 Å². The normalized spacial score (nSPS) is 15.1. The zero-order valence-electron chi connectivity index (χ0n) is 17.5. The fourth-order valence-electron chi connectivity index (χ4n) is 2.86. The maximum Gasteiger partial charge on any atom is 0.416 e. The minimum absolute atomic E-state index is 0.0314. The van der Waals surface area contributed by atoms with Gasteiger partial charge in [-0.05, 0) is 18.2 Å². The molecule has 1 fully saturated rings. The quantitative estimate of drug-likeness (QED) is 0.215. The molecule has 0 spiro atoms. The molecular formula is C19H16F6N6O4. The fourth-order valence-corrected chi connectivity index (χ4v) is 2.86. The molecule has 35 heavy (non-hydrogen) atoms. The Morgan fingerprint density at radius 1 is 1.11 bits per heavy atom. The van der Waals surface area contributed by atoms with E-state index in [0.29, 0.717) is 12.1 Å². The highest BCUT2D eigenvalue weighted by Gasteiger charge is 2.37. The van der Waals surface area contributed by atoms with Gasteiger partial charge in [-0.15, -0.1) is 5.10 Å². The Morgan fingerprint density at radius 3 is 2.31 bits per heavy atom. The molecule has 0 atom stereocenters. The molecule has 1 aromatic heterocycles. The van der Waals surface area contributed by atoms with Crippen molar-refractivity contribution in [1.29, 1.82) is 0 Å². The molecule has 1 aliphatic rings. The topological polar surface area (TPSA) is 124 Å². The predicted molar refractivity (Wildman–Crippen MR) is 104 cm³/mol. The molecule has 1 aromatic carbocycles. The number of ether oxygens (including phenoxy) is 1. The number of amides is 3. The molecule has 10 nitrogen and oxygen atoms in total. The molecule has 1 aliphatic heterocycles. The summed E-state index contributed by atoms with van der Waals surface area (Å²) in [5, 5.41) is 3.96. The Balaban J connectivity index is 1.74. The van der Waals surface area contributed by atoms with Crippen molar-refractivity contribution in [3.63, 3.8) is 0 Å². The summed E-state index contributed by atoms with van der Waals surface area (Å²) in [6.07, 6.45) is -7.47. The van der Waals surface area contributed by atoms with E-state index in [1.54, 1.807) is 0 Å². The molecule has 0 bridgehead atoms. The summed E-state index contributed by atoms with van der Waals surface area (Å²) in [5.41, 5.74) is -3.64. The molecule has 16 heteroatoms. The number of morpholine rings is 1. The van der Waals surface area contributed by atoms with Gasteiger partial charge in [-0.1, -0.05) is 0 Å². The van der Waals surface area contributed by atoms with Crippen molar-refractivity contribution in [3.05, 3.63) is 41.7 Å². The lowest BCUT2D eigenvalue weighted by Crippen LogP contribution is -2.51. The van der Waals surface area contributed by atoms with E-state index in [0.717, 1.165) is 28.2 Å². The largest absolute Gasteiger partial charge is 0.416 e. The van der Waals surface area contributed by atoms with E-state index in [1.807, 2.05) is 0 Å². The SMILES string of the molecule is NN(C(=O)/C=C\n1cnc(-c2cc(C(F)(F)F)cc(C(F)(F)F)c2)n1)C(=O)CN1CCOCC1=O. The number of hydrogen-bond donors (Lipinski definition) is 1. The first kappa shape index (κ1) is 25.8. The van der Waals surface area contributed by atoms with Crippen LogP contribution in [0.25, 0.3) is 17.6 Å². The van der Waals surface area contributed by atoms with Crippen molar-refractivity contribution >= 4 is 23.9 Å². The zero-order chi connectivity index (χ0) is 26.0. The van der Waals surface area contributed by atoms with E-state index in [4.69, 9.17) is 10.6 Å². The Hall–Kier alpha value is -3.79. The van der Waals surface area contributed by atoms with Crippen LogP contribution in [0.15, 0.2) is 30.6 Å². The molecule has 2 N–H and O–H groups in total. The van der Waals surface area contributed by atoms with Gasteiger partial charge in [0.1, 0.15) is 19.5 Å². The van der Waals surface area contributed by atoms with E-state index < -0.39 is 59.1 Å². The van der Waals surface area contributed by atoms with E-state index >= 15 is 0 Å². The molecule has 1 saturated heterocycles. The van der Waals surface area contributed by atoms with E-state index in [2.05, 4.69) is 10.1 Å². The maximum atomic E-state index is 13.0. The second-order valence-corrected chi connectivity index (χ2v) is 7.13. The lowest BCUT2D eigenvalue weighted by molar-refractivity contribution is -0.151. The highest BCUT2D eigenvalue weighted by atomic mass is 19.4. The summed E-state index contributed by atoms with van der Waals surface area (Å²) in [4.78, 5) is 40.7. The Labute approximate surface area is 192 Å². The zero-order valence-corrected chi connectivity index (χ0v) is 17.5. The molecule has 0 radical (unpaired) electrons. The number of nitrogens with zero attached hydrogens (tertiary/aromatic N) is 5. The minimum atomic E-state index is -5.05. The van der Waals surface area contributed by atoms with Gasteiger partial charge in [0.05, 0.1) is 17.7 Å². The number of hydrogen-bond acceptors (Lipinski definition) is 7. The lowest BCUT2D eigenvalue weighted by atomic mass is 10.0. The first-order valence-electron chi connectivity index (χ1n) is 9.62. The van der Waals surface area contributed by atoms with Crippen LogP contribution < -0.4 is 5.84 Å². The van der Waals surface area contributed by atoms with Crippen LogP contribution in [-0.2, 0) is 31.5 Å². The number of carbonyl (C=O) groups is 3. The number of hydrazine groups is 1. The third-order valence-electron chi connectivity index (χ3n) is 4.64. The van der Waals surface area contributed by atoms with E-state index in [1.165, 1.54) is 0 Å². The minimum Gasteiger partial charge on any atom is -0.370 e. The average Bonchev–Trinajstić information content (AvgIpc) is 3.26. The molecule has 3 rings (SSSR count). The highest BCUT2D eigenvalue weighted by molar-refractivity contribution is 6.02. The van der Waals surface area contributed by atoms with Gasteiger partial charge in [-0.3, -0.25) is 14.4 Å². The van der Waals surface area contributed by atoms with Crippen LogP contribution in [0.4, 0.5) is 26.3 Å². The van der Waals surface area contributed by atoms with Gasteiger partial charge in [0, 0.05) is 24.4 Å². The van der Waals surface area contributed by atoms with Gasteiger partial charge in [0.15, 0.2) is 5.82 Å². The molecule has 188 valence electrons. The number of rotatable bonds is 5. The van der Waals surface area contributed by atoms with Crippen LogP contribution in [0, 0.1) is 0 Å². The molecule has 2 aromatic rings. The van der Waals surface area contributed by atoms with Gasteiger partial charge < -0.3 is 9.64 Å². The Kier molecular flexibility index (Phi) is 7.25. The van der Waals surface area contributed by atoms with E-state index in [-0.39, 0.29) is 30.8 Å². The fraction of sp³-hybridized carbons (Fsp3) is 0.316. The summed E-state index contributed by atoms with van der Waals surface area (Å²) in [7, 11) is 0. The smallest absolute Gasteiger partial charge is 0.370 e. The number of benzene rings is 1. The van der Waals surface area contributed by atoms with Crippen molar-refractivity contribution in [2.45, 2.75) is 12.4 Å². The summed E-state index contributed by atoms with van der Waals surface area (Å²) in [6.45, 7) is -0.336. The third kappa shape index (κ3) is 6.42. The number of alkyl halides is 6. The number of aromatic nitrogens is 3. The number of imide groups is 1. The lowest BCUT2D eigenvalue weighted by Gasteiger charge is -2.27. The standard InChI is InChI=1S/C19H16F6N6O4/c20-18(21,22)12-5-11(6-13(7-12)19(23,24)25)17-27-10-30(28-17)2-1-14(32)31(26)15(33)8-29-3-4-35-9-16(29)34/h1-2,5-7,10H,3-4,8-9,26H2/b2-1-. The molecule has 0 unspecified atom stereocenters. The Bertz CT molecular complexity index is 1130. The number of halogens is 6. The van der Waals surface area contributed by atoms with E-state index in [9.17, 15) is 40.7 Å². The average molecular weight is 506 g/mol. The summed E-state index contributed by atoms with van der Waals surface area (Å²) < 4.78 is 84.0. The third-order valence-corrected chi connectivity index (χ3v) is 4.64. The van der Waals surface area contributed by atoms with Crippen molar-refractivity contribution in [3.8, 4) is 11.4 Å². The molecule has 0 aliphatic carbocycles. The van der Waals surface area contributed by atoms with Crippen LogP contribution in [0.1, 0.15) is 11.1 Å². The van der Waals surface area contributed by atoms with Crippen molar-refractivity contribution in [2.75, 3.05) is 26.3 Å². The van der Waals surface area contributed by atoms with Crippen LogP contribution in [-0.4, -0.2) is 68.7 Å². The van der Waals surface area contributed by atoms with Crippen LogP contribution in [0.2, 0.25) is 0 Å². The second-order valence-electron chi connectivity index (χ2n) is 7.13. The summed E-state index contributed by atoms with van der Waals surface area (Å²) in [5.74, 6) is 2.57. The first-order chi connectivity index (χ1) is 16.3. The van der Waals surface area contributed by atoms with Crippen LogP contribution >= 0.6 is 0 Å². The van der Waals surface area contributed by atoms with Crippen molar-refractivity contribution in [2.24, 2.45) is 5.84 Å². The van der Waals surface area contributed by atoms with Crippen molar-refractivity contribution < 1.29 is 45.5 Å². The maximum absolute atomic E-state index is 13.0. The molecule has 2 heterocycles. The van der Waals surface area contributed by atoms with Gasteiger partial charge >= 0.3 is 12.4 Å². The molecule has 3 amide bonds. The molecular weight excluding hydrogens is 490 g/mol. The van der Waals surface area contributed by atoms with Gasteiger partial charge in [0.25, 0.3) is 11.8 Å². The number of carbonyl (C=O) groups excluding carboxylic acids is 3. The monoisotopic (exact) mass is 506 g/mol. The van der Waals surface area contributed by atoms with Gasteiger partial charge in [-0.2, -0.15) is 26.3 Å². The van der Waals surface area contributed by atoms with Crippen molar-refractivity contribution in [1.82, 2.24) is 24.7 Å². The summed E-state index contributed by atoms with van der Waals surface area (Å²) >= 11 is 0. The number of nitrogens with two attached hydrogens (primary N) is 1. The van der Waals surface area contributed by atoms with Gasteiger partial charge in [0.2, 0.25) is 5.91 Å². The van der Waals surface area contributed by atoms with Gasteiger partial charge in [-0.25, -0.2) is 20.5 Å². The van der Waals surface area contributed by atoms with Crippen LogP contribution in [0.5, 0.6) is 0 Å². The first-order valence-corrected chi connectivity index (χ1v) is 9.62. The summed E-state index contributed by atoms with van der Waals surface area (Å²) in [6, 6.07) is 0.879.